The van der Waals surface area contributed by atoms with E-state index in [2.05, 4.69) is 93.7 Å². The van der Waals surface area contributed by atoms with Crippen molar-refractivity contribution in [1.29, 1.82) is 0 Å². The predicted molar refractivity (Wildman–Crippen MR) is 275 cm³/mol. The van der Waals surface area contributed by atoms with E-state index in [9.17, 15) is 34.5 Å². The maximum atomic E-state index is 13.0. The van der Waals surface area contributed by atoms with E-state index in [0.29, 0.717) is 25.7 Å². The normalized spacial score (nSPS) is 19.3. The monoisotopic (exact) mass is 969 g/mol. The zero-order valence-electron chi connectivity index (χ0n) is 42.8. The van der Waals surface area contributed by atoms with Crippen LogP contribution < -0.4 is 0 Å². The smallest absolute Gasteiger partial charge is 0.335 e. The first-order valence-corrected chi connectivity index (χ1v) is 26.6. The summed E-state index contributed by atoms with van der Waals surface area (Å²) >= 11 is 0. The quantitative estimate of drug-likeness (QED) is 0.0229. The fourth-order valence-electron chi connectivity index (χ4n) is 7.38. The van der Waals surface area contributed by atoms with E-state index in [0.717, 1.165) is 103 Å². The summed E-state index contributed by atoms with van der Waals surface area (Å²) in [5, 5.41) is 31.3. The van der Waals surface area contributed by atoms with Gasteiger partial charge in [-0.2, -0.15) is 0 Å². The Bertz CT molecular complexity index is 1530. The molecule has 1 saturated heterocycles. The van der Waals surface area contributed by atoms with Gasteiger partial charge in [-0.3, -0.25) is 14.4 Å². The number of aliphatic carboxylic acids is 1. The molecule has 1 heterocycles. The number of hydrogen-bond acceptors (Lipinski definition) is 11. The van der Waals surface area contributed by atoms with Crippen molar-refractivity contribution in [3.8, 4) is 0 Å². The fourth-order valence-corrected chi connectivity index (χ4v) is 7.38. The number of carboxylic acid groups (broad SMARTS) is 1. The standard InChI is InChI=1S/C57H92O12/c1-4-7-10-13-16-19-21-23-24-25-26-28-30-33-36-39-42-45-51(60)68-55-53(62)52(61)54(56(63)64)69-57(55)66-47-48(67-50(59)44-41-38-35-31-18-15-12-9-6-3)46-65-49(58)43-40-37-34-32-29-27-22-20-17-14-11-8-5-2/h7,10-11,14,16,19-20,22-24,26,28,33,36,48,52-55,57,61-62H,4-6,8-9,12-13,15,17-18,21,25,27,29-32,34-35,37-47H2,1-3H3,(H,63,64)/b10-7-,14-11-,19-16-,22-20-,24-23-,28-26-,36-33-. The van der Waals surface area contributed by atoms with Crippen LogP contribution in [-0.4, -0.2) is 89.2 Å². The highest BCUT2D eigenvalue weighted by Crippen LogP contribution is 2.26. The molecule has 0 radical (unpaired) electrons. The summed E-state index contributed by atoms with van der Waals surface area (Å²) in [6, 6.07) is 0. The first-order valence-electron chi connectivity index (χ1n) is 26.6. The van der Waals surface area contributed by atoms with Crippen LogP contribution in [0.4, 0.5) is 0 Å². The molecule has 0 saturated carbocycles. The molecular formula is C57H92O12. The number of hydrogen-bond donors (Lipinski definition) is 3. The predicted octanol–water partition coefficient (Wildman–Crippen LogP) is 12.8. The van der Waals surface area contributed by atoms with Gasteiger partial charge in [-0.25, -0.2) is 4.79 Å². The Hall–Kier alpha value is -4.10. The van der Waals surface area contributed by atoms with Crippen molar-refractivity contribution in [1.82, 2.24) is 0 Å². The lowest BCUT2D eigenvalue weighted by Gasteiger charge is -2.40. The Kier molecular flexibility index (Phi) is 41.1. The maximum absolute atomic E-state index is 13.0. The number of aliphatic hydroxyl groups is 2. The van der Waals surface area contributed by atoms with Crippen LogP contribution in [0.5, 0.6) is 0 Å². The fraction of sp³-hybridized carbons (Fsp3) is 0.684. The molecule has 12 heteroatoms. The molecule has 0 aromatic heterocycles. The van der Waals surface area contributed by atoms with Crippen molar-refractivity contribution in [3.05, 3.63) is 85.1 Å². The van der Waals surface area contributed by atoms with Crippen LogP contribution in [0.2, 0.25) is 0 Å². The topological polar surface area (TPSA) is 175 Å². The summed E-state index contributed by atoms with van der Waals surface area (Å²) in [5.74, 6) is -3.23. The Morgan fingerprint density at radius 1 is 0.493 bits per heavy atom. The maximum Gasteiger partial charge on any atom is 0.335 e. The van der Waals surface area contributed by atoms with Gasteiger partial charge in [-0.1, -0.05) is 183 Å². The number of unbranched alkanes of at least 4 members (excludes halogenated alkanes) is 15. The molecule has 0 aromatic carbocycles. The lowest BCUT2D eigenvalue weighted by atomic mass is 9.98. The van der Waals surface area contributed by atoms with Gasteiger partial charge in [0.05, 0.1) is 6.61 Å². The molecule has 6 atom stereocenters. The molecule has 392 valence electrons. The minimum absolute atomic E-state index is 0.0215. The lowest BCUT2D eigenvalue weighted by Crippen LogP contribution is -2.61. The van der Waals surface area contributed by atoms with Gasteiger partial charge in [0.25, 0.3) is 0 Å². The van der Waals surface area contributed by atoms with E-state index in [-0.39, 0.29) is 25.9 Å². The Balaban J connectivity index is 2.75. The van der Waals surface area contributed by atoms with Crippen molar-refractivity contribution in [3.63, 3.8) is 0 Å². The summed E-state index contributed by atoms with van der Waals surface area (Å²) in [6.07, 6.45) is 44.4. The second-order valence-electron chi connectivity index (χ2n) is 17.8. The zero-order chi connectivity index (χ0) is 50.4. The number of ether oxygens (including phenoxy) is 5. The minimum atomic E-state index is -1.92. The highest BCUT2D eigenvalue weighted by molar-refractivity contribution is 5.74. The second-order valence-corrected chi connectivity index (χ2v) is 17.8. The lowest BCUT2D eigenvalue weighted by molar-refractivity contribution is -0.301. The number of aliphatic hydroxyl groups excluding tert-OH is 2. The van der Waals surface area contributed by atoms with Gasteiger partial charge in [-0.15, -0.1) is 0 Å². The first-order chi connectivity index (χ1) is 33.6. The highest BCUT2D eigenvalue weighted by Gasteiger charge is 2.50. The molecular weight excluding hydrogens is 877 g/mol. The third-order valence-electron chi connectivity index (χ3n) is 11.4. The summed E-state index contributed by atoms with van der Waals surface area (Å²) in [6.45, 7) is 5.72. The molecule has 6 unspecified atom stereocenters. The van der Waals surface area contributed by atoms with Gasteiger partial charge in [0.15, 0.2) is 24.6 Å². The summed E-state index contributed by atoms with van der Waals surface area (Å²) < 4.78 is 28.2. The van der Waals surface area contributed by atoms with Crippen molar-refractivity contribution in [2.24, 2.45) is 0 Å². The van der Waals surface area contributed by atoms with Gasteiger partial charge in [-0.05, 0) is 83.5 Å². The van der Waals surface area contributed by atoms with Crippen molar-refractivity contribution >= 4 is 23.9 Å². The average Bonchev–Trinajstić information content (AvgIpc) is 3.33. The van der Waals surface area contributed by atoms with Gasteiger partial charge < -0.3 is 39.0 Å². The van der Waals surface area contributed by atoms with Crippen molar-refractivity contribution in [2.45, 2.75) is 237 Å². The molecule has 1 rings (SSSR count). The SMILES string of the molecule is CC/C=C\C/C=C\C/C=C\C/C=C\C/C=C\CCCC(=O)OC1C(OCC(COC(=O)CCCCCCC/C=C\C/C=C\CCC)OC(=O)CCCCCCCCCCC)OC(C(=O)O)C(O)C1O. The van der Waals surface area contributed by atoms with Crippen LogP contribution in [0.3, 0.4) is 0 Å². The van der Waals surface area contributed by atoms with Crippen LogP contribution in [-0.2, 0) is 42.9 Å². The van der Waals surface area contributed by atoms with E-state index in [1.807, 2.05) is 12.2 Å². The molecule has 1 aliphatic heterocycles. The molecule has 0 amide bonds. The summed E-state index contributed by atoms with van der Waals surface area (Å²) in [4.78, 5) is 50.8. The van der Waals surface area contributed by atoms with E-state index in [1.54, 1.807) is 0 Å². The molecule has 0 bridgehead atoms. The Morgan fingerprint density at radius 3 is 1.49 bits per heavy atom. The van der Waals surface area contributed by atoms with Gasteiger partial charge >= 0.3 is 23.9 Å². The number of carbonyl (C=O) groups excluding carboxylic acids is 3. The van der Waals surface area contributed by atoms with Gasteiger partial charge in [0, 0.05) is 19.3 Å². The number of esters is 3. The molecule has 0 spiro atoms. The van der Waals surface area contributed by atoms with Crippen LogP contribution in [0.25, 0.3) is 0 Å². The first kappa shape index (κ1) is 62.9. The van der Waals surface area contributed by atoms with Gasteiger partial charge in [0.1, 0.15) is 18.8 Å². The third-order valence-corrected chi connectivity index (χ3v) is 11.4. The molecule has 12 nitrogen and oxygen atoms in total. The highest BCUT2D eigenvalue weighted by atomic mass is 16.7. The van der Waals surface area contributed by atoms with E-state index in [1.165, 1.54) is 32.1 Å². The molecule has 69 heavy (non-hydrogen) atoms. The van der Waals surface area contributed by atoms with E-state index < -0.39 is 67.3 Å². The summed E-state index contributed by atoms with van der Waals surface area (Å²) in [5.41, 5.74) is 0. The van der Waals surface area contributed by atoms with E-state index in [4.69, 9.17) is 23.7 Å². The van der Waals surface area contributed by atoms with Crippen molar-refractivity contribution < 1.29 is 58.2 Å². The molecule has 1 fully saturated rings. The van der Waals surface area contributed by atoms with E-state index >= 15 is 0 Å². The van der Waals surface area contributed by atoms with Crippen molar-refractivity contribution in [2.75, 3.05) is 13.2 Å². The molecule has 0 aliphatic carbocycles. The Labute approximate surface area is 416 Å². The number of carboxylic acids is 1. The van der Waals surface area contributed by atoms with Gasteiger partial charge in [0.2, 0.25) is 0 Å². The van der Waals surface area contributed by atoms with Crippen LogP contribution in [0.15, 0.2) is 85.1 Å². The number of allylic oxidation sites excluding steroid dienone is 14. The number of rotatable bonds is 43. The van der Waals surface area contributed by atoms with Crippen LogP contribution in [0.1, 0.15) is 201 Å². The molecule has 0 aromatic rings. The largest absolute Gasteiger partial charge is 0.479 e. The minimum Gasteiger partial charge on any atom is -0.479 e. The average molecular weight is 969 g/mol. The Morgan fingerprint density at radius 2 is 0.957 bits per heavy atom. The third kappa shape index (κ3) is 35.6. The van der Waals surface area contributed by atoms with Crippen LogP contribution >= 0.6 is 0 Å². The number of carbonyl (C=O) groups is 4. The second kappa shape index (κ2) is 45.1. The molecule has 3 N–H and O–H groups in total. The van der Waals surface area contributed by atoms with Crippen LogP contribution in [0, 0.1) is 0 Å². The molecule has 1 aliphatic rings. The summed E-state index contributed by atoms with van der Waals surface area (Å²) in [7, 11) is 0. The zero-order valence-corrected chi connectivity index (χ0v) is 42.8.